The number of nitrogens with zero attached hydrogens (tertiary/aromatic N) is 4. The quantitative estimate of drug-likeness (QED) is 0.140. The number of H-pyrrole nitrogens is 2. The van der Waals surface area contributed by atoms with Gasteiger partial charge in [0, 0.05) is 13.6 Å². The normalized spacial score (nSPS) is 16.1. The number of carboxylic acid groups (broad SMARTS) is 1. The first-order chi connectivity index (χ1) is 23.9. The number of aromatic nitrogens is 4. The molecule has 5 rings (SSSR count). The first-order valence-electron chi connectivity index (χ1n) is 16.6. The van der Waals surface area contributed by atoms with Crippen molar-refractivity contribution >= 4 is 24.0 Å². The molecular weight excluding hydrogens is 640 g/mol. The van der Waals surface area contributed by atoms with Crippen LogP contribution in [0.25, 0.3) is 33.6 Å². The molecule has 4 atom stereocenters. The number of amides is 4. The topological polar surface area (TPSA) is 186 Å². The molecule has 4 amide bonds. The zero-order chi connectivity index (χ0) is 36.1. The van der Waals surface area contributed by atoms with Crippen LogP contribution in [0.15, 0.2) is 60.9 Å². The molecule has 0 aliphatic carbocycles. The van der Waals surface area contributed by atoms with E-state index in [1.165, 1.54) is 14.2 Å². The molecule has 1 aliphatic rings. The minimum atomic E-state index is -1.14. The van der Waals surface area contributed by atoms with Gasteiger partial charge in [-0.25, -0.2) is 19.6 Å². The number of benzene rings is 2. The van der Waals surface area contributed by atoms with Gasteiger partial charge in [0.1, 0.15) is 23.7 Å². The van der Waals surface area contributed by atoms with Crippen molar-refractivity contribution in [1.82, 2.24) is 40.4 Å². The fourth-order valence-electron chi connectivity index (χ4n) is 5.99. The number of likely N-dealkylation sites (tertiary alicyclic amines) is 1. The second-order valence-electron chi connectivity index (χ2n) is 12.9. The Hall–Kier alpha value is -5.66. The Morgan fingerprint density at radius 1 is 0.880 bits per heavy atom. The van der Waals surface area contributed by atoms with Crippen LogP contribution in [0, 0.1) is 5.92 Å². The van der Waals surface area contributed by atoms with Crippen LogP contribution in [-0.4, -0.2) is 91.6 Å². The van der Waals surface area contributed by atoms with Crippen LogP contribution >= 0.6 is 0 Å². The van der Waals surface area contributed by atoms with Gasteiger partial charge in [-0.15, -0.1) is 0 Å². The number of imidazole rings is 2. The van der Waals surface area contributed by atoms with Crippen LogP contribution in [0.1, 0.15) is 64.3 Å². The Balaban J connectivity index is 1.24. The summed E-state index contributed by atoms with van der Waals surface area (Å²) in [5.41, 5.74) is 5.59. The molecule has 4 aromatic rings. The van der Waals surface area contributed by atoms with Crippen molar-refractivity contribution < 1.29 is 29.0 Å². The van der Waals surface area contributed by atoms with E-state index in [1.807, 2.05) is 62.4 Å². The summed E-state index contributed by atoms with van der Waals surface area (Å²) >= 11 is 0. The third-order valence-electron chi connectivity index (χ3n) is 9.18. The number of rotatable bonds is 11. The molecule has 0 bridgehead atoms. The van der Waals surface area contributed by atoms with Crippen LogP contribution in [0.3, 0.4) is 0 Å². The second-order valence-corrected chi connectivity index (χ2v) is 12.9. The number of aromatic amines is 2. The highest BCUT2D eigenvalue weighted by molar-refractivity contribution is 5.86. The van der Waals surface area contributed by atoms with E-state index in [0.717, 1.165) is 51.4 Å². The standard InChI is InChI=1S/C36H44N8O6/c1-20(2)30(42-33(45)21(3)39-35(47)50-6)32-38-19-28(41-32)26-15-11-24(12-16-26)23-9-13-25(14-10-23)27-18-37-31(40-27)29-8-7-17-44(29)34(46)22(4)43(5)36(48)49/h9-16,18-22,29-30H,7-8,17H2,1-6H3,(H,37,40)(H,38,41)(H,39,47)(H,42,45)(H,48,49)/t21-,22?,29-,30-/m0/s1. The molecule has 2 aromatic carbocycles. The van der Waals surface area contributed by atoms with E-state index in [2.05, 4.69) is 35.3 Å². The Bertz CT molecular complexity index is 1820. The van der Waals surface area contributed by atoms with Crippen molar-refractivity contribution in [3.05, 3.63) is 72.6 Å². The maximum absolute atomic E-state index is 13.1. The van der Waals surface area contributed by atoms with E-state index >= 15 is 0 Å². The molecule has 264 valence electrons. The van der Waals surface area contributed by atoms with Crippen molar-refractivity contribution in [2.45, 2.75) is 64.7 Å². The van der Waals surface area contributed by atoms with Crippen LogP contribution < -0.4 is 10.6 Å². The average molecular weight is 685 g/mol. The number of likely N-dealkylation sites (N-methyl/N-ethyl adjacent to an activating group) is 1. The molecule has 1 unspecified atom stereocenters. The zero-order valence-corrected chi connectivity index (χ0v) is 29.1. The largest absolute Gasteiger partial charge is 0.465 e. The Morgan fingerprint density at radius 2 is 1.44 bits per heavy atom. The molecule has 2 aromatic heterocycles. The van der Waals surface area contributed by atoms with Gasteiger partial charge in [-0.05, 0) is 54.9 Å². The van der Waals surface area contributed by atoms with Gasteiger partial charge in [0.25, 0.3) is 0 Å². The first-order valence-corrected chi connectivity index (χ1v) is 16.6. The molecule has 3 heterocycles. The molecule has 14 heteroatoms. The van der Waals surface area contributed by atoms with Crippen LogP contribution in [-0.2, 0) is 14.3 Å². The number of methoxy groups -OCH3 is 1. The SMILES string of the molecule is COC(=O)N[C@@H](C)C(=O)N[C@H](c1ncc(-c2ccc(-c3ccc(-c4cnc([C@@H]5CCCN5C(=O)C(C)N(C)C(=O)O)[nH]4)cc3)cc2)[nH]1)C(C)C. The monoisotopic (exact) mass is 684 g/mol. The van der Waals surface area contributed by atoms with Gasteiger partial charge < -0.3 is 35.3 Å². The lowest BCUT2D eigenvalue weighted by atomic mass is 10.0. The Kier molecular flexibility index (Phi) is 10.9. The van der Waals surface area contributed by atoms with Gasteiger partial charge in [0.2, 0.25) is 11.8 Å². The highest BCUT2D eigenvalue weighted by Crippen LogP contribution is 2.33. The zero-order valence-electron chi connectivity index (χ0n) is 29.1. The van der Waals surface area contributed by atoms with E-state index in [9.17, 15) is 24.3 Å². The summed E-state index contributed by atoms with van der Waals surface area (Å²) < 4.78 is 4.59. The number of alkyl carbamates (subject to hydrolysis) is 1. The maximum Gasteiger partial charge on any atom is 0.407 e. The predicted molar refractivity (Wildman–Crippen MR) is 187 cm³/mol. The summed E-state index contributed by atoms with van der Waals surface area (Å²) in [4.78, 5) is 67.4. The lowest BCUT2D eigenvalue weighted by Gasteiger charge is -2.29. The van der Waals surface area contributed by atoms with Gasteiger partial charge in [0.15, 0.2) is 0 Å². The third-order valence-corrected chi connectivity index (χ3v) is 9.18. The van der Waals surface area contributed by atoms with Gasteiger partial charge >= 0.3 is 12.2 Å². The fraction of sp³-hybridized carbons (Fsp3) is 0.389. The van der Waals surface area contributed by atoms with Crippen molar-refractivity contribution in [1.29, 1.82) is 0 Å². The molecule has 0 spiro atoms. The first kappa shape index (κ1) is 35.6. The summed E-state index contributed by atoms with van der Waals surface area (Å²) in [5, 5.41) is 14.7. The van der Waals surface area contributed by atoms with Crippen molar-refractivity contribution in [3.63, 3.8) is 0 Å². The van der Waals surface area contributed by atoms with E-state index in [1.54, 1.807) is 31.1 Å². The predicted octanol–water partition coefficient (Wildman–Crippen LogP) is 5.35. The van der Waals surface area contributed by atoms with E-state index in [-0.39, 0.29) is 23.8 Å². The molecule has 1 fully saturated rings. The molecule has 14 nitrogen and oxygen atoms in total. The van der Waals surface area contributed by atoms with E-state index < -0.39 is 30.3 Å². The molecule has 1 saturated heterocycles. The lowest BCUT2D eigenvalue weighted by molar-refractivity contribution is -0.136. The number of carbonyl (C=O) groups is 4. The number of carbonyl (C=O) groups excluding carboxylic acids is 3. The lowest BCUT2D eigenvalue weighted by Crippen LogP contribution is -2.47. The summed E-state index contributed by atoms with van der Waals surface area (Å²) in [7, 11) is 2.65. The van der Waals surface area contributed by atoms with Gasteiger partial charge in [0.05, 0.1) is 43.0 Å². The van der Waals surface area contributed by atoms with Crippen molar-refractivity contribution in [2.75, 3.05) is 20.7 Å². The number of hydrogen-bond donors (Lipinski definition) is 5. The number of nitrogens with one attached hydrogen (secondary N) is 4. The smallest absolute Gasteiger partial charge is 0.407 e. The summed E-state index contributed by atoms with van der Waals surface area (Å²) in [5.74, 6) is 0.751. The second kappa shape index (κ2) is 15.3. The van der Waals surface area contributed by atoms with E-state index in [0.29, 0.717) is 18.2 Å². The Morgan fingerprint density at radius 3 is 2.00 bits per heavy atom. The molecule has 1 aliphatic heterocycles. The van der Waals surface area contributed by atoms with Crippen molar-refractivity contribution in [3.8, 4) is 33.6 Å². The van der Waals surface area contributed by atoms with Gasteiger partial charge in [-0.3, -0.25) is 14.5 Å². The van der Waals surface area contributed by atoms with Gasteiger partial charge in [-0.1, -0.05) is 62.4 Å². The Labute approximate surface area is 290 Å². The molecular formula is C36H44N8O6. The average Bonchev–Trinajstić information content (AvgIpc) is 3.91. The van der Waals surface area contributed by atoms with Crippen LogP contribution in [0.4, 0.5) is 9.59 Å². The summed E-state index contributed by atoms with van der Waals surface area (Å²) in [6, 6.07) is 14.0. The highest BCUT2D eigenvalue weighted by Gasteiger charge is 2.36. The van der Waals surface area contributed by atoms with Crippen LogP contribution in [0.2, 0.25) is 0 Å². The fourth-order valence-corrected chi connectivity index (χ4v) is 5.99. The van der Waals surface area contributed by atoms with Gasteiger partial charge in [-0.2, -0.15) is 0 Å². The highest BCUT2D eigenvalue weighted by atomic mass is 16.5. The number of ether oxygens (including phenoxy) is 1. The molecule has 50 heavy (non-hydrogen) atoms. The third kappa shape index (κ3) is 7.80. The summed E-state index contributed by atoms with van der Waals surface area (Å²) in [6.07, 6.45) is 3.25. The summed E-state index contributed by atoms with van der Waals surface area (Å²) in [6.45, 7) is 7.71. The minimum Gasteiger partial charge on any atom is -0.465 e. The van der Waals surface area contributed by atoms with Crippen molar-refractivity contribution in [2.24, 2.45) is 5.92 Å². The maximum atomic E-state index is 13.1. The molecule has 5 N–H and O–H groups in total. The van der Waals surface area contributed by atoms with E-state index in [4.69, 9.17) is 0 Å². The van der Waals surface area contributed by atoms with Crippen LogP contribution in [0.5, 0.6) is 0 Å². The number of hydrogen-bond acceptors (Lipinski definition) is 7. The molecule has 0 saturated carbocycles. The molecule has 0 radical (unpaired) electrons. The minimum absolute atomic E-state index is 0.0325.